The van der Waals surface area contributed by atoms with Gasteiger partial charge in [0.15, 0.2) is 0 Å². The molecule has 1 amide bonds. The van der Waals surface area contributed by atoms with Crippen LogP contribution in [0.25, 0.3) is 0 Å². The van der Waals surface area contributed by atoms with Gasteiger partial charge in [0.05, 0.1) is 17.6 Å². The van der Waals surface area contributed by atoms with Crippen LogP contribution >= 0.6 is 0 Å². The number of allylic oxidation sites excluding steroid dienone is 1. The number of nitrogens with one attached hydrogen (secondary N) is 1. The number of pyridine rings is 1. The second-order valence-corrected chi connectivity index (χ2v) is 4.30. The molecule has 116 valence electrons. The molecule has 0 aliphatic rings. The number of nitrogens with zero attached hydrogens (tertiary/aromatic N) is 2. The number of carbonyl (C=O) groups is 1. The summed E-state index contributed by atoms with van der Waals surface area (Å²) in [6.07, 6.45) is -2.75. The number of aromatic nitrogens is 1. The van der Waals surface area contributed by atoms with E-state index >= 15 is 0 Å². The van der Waals surface area contributed by atoms with Gasteiger partial charge in [-0.05, 0) is 25.5 Å². The molecule has 0 saturated heterocycles. The van der Waals surface area contributed by atoms with Gasteiger partial charge in [-0.3, -0.25) is 9.79 Å². The summed E-state index contributed by atoms with van der Waals surface area (Å²) in [7, 11) is 0. The quantitative estimate of drug-likeness (QED) is 0.502. The van der Waals surface area contributed by atoms with Gasteiger partial charge < -0.3 is 10.5 Å². The average molecular weight is 303 g/mol. The van der Waals surface area contributed by atoms with Crippen LogP contribution in [0.5, 0.6) is 0 Å². The van der Waals surface area contributed by atoms with Gasteiger partial charge in [0.25, 0.3) is 0 Å². The van der Waals surface area contributed by atoms with E-state index in [0.717, 1.165) is 10.3 Å². The van der Waals surface area contributed by atoms with Crippen molar-refractivity contribution in [1.29, 1.82) is 0 Å². The molecule has 0 atom stereocenters. The Hall–Kier alpha value is -2.25. The first-order valence-electron chi connectivity index (χ1n) is 6.13. The van der Waals surface area contributed by atoms with Crippen molar-refractivity contribution in [3.8, 4) is 0 Å². The molecule has 0 saturated carbocycles. The molecule has 1 aromatic rings. The first-order chi connectivity index (χ1) is 9.70. The van der Waals surface area contributed by atoms with E-state index in [1.807, 2.05) is 0 Å². The third-order valence-electron chi connectivity index (χ3n) is 2.76. The Balaban J connectivity index is 2.55. The summed E-state index contributed by atoms with van der Waals surface area (Å²) in [6, 6.07) is 1.60. The normalized spacial score (nSPS) is 12.9. The summed E-state index contributed by atoms with van der Waals surface area (Å²) in [5, 5.41) is 12.4. The van der Waals surface area contributed by atoms with Crippen LogP contribution < -0.4 is 10.7 Å². The lowest BCUT2D eigenvalue weighted by atomic mass is 10.2. The van der Waals surface area contributed by atoms with Crippen molar-refractivity contribution in [1.82, 2.24) is 10.0 Å². The highest BCUT2D eigenvalue weighted by Gasteiger charge is 2.22. The van der Waals surface area contributed by atoms with Crippen LogP contribution in [0.1, 0.15) is 11.3 Å². The van der Waals surface area contributed by atoms with Gasteiger partial charge in [-0.1, -0.05) is 0 Å². The van der Waals surface area contributed by atoms with Crippen LogP contribution in [0.2, 0.25) is 0 Å². The number of amides is 1. The van der Waals surface area contributed by atoms with E-state index in [2.05, 4.69) is 10.3 Å². The Morgan fingerprint density at radius 3 is 2.76 bits per heavy atom. The maximum Gasteiger partial charge on any atom is 0.409 e. The molecule has 8 heteroatoms. The molecule has 0 aromatic carbocycles. The fourth-order valence-electron chi connectivity index (χ4n) is 1.49. The van der Waals surface area contributed by atoms with Gasteiger partial charge in [0.2, 0.25) is 5.91 Å². The molecular formula is C13H16F3N3O2. The highest BCUT2D eigenvalue weighted by atomic mass is 19.4. The topological polar surface area (TPSA) is 66.6 Å². The molecule has 21 heavy (non-hydrogen) atoms. The molecule has 0 aliphatic heterocycles. The van der Waals surface area contributed by atoms with Gasteiger partial charge in [0, 0.05) is 24.9 Å². The summed E-state index contributed by atoms with van der Waals surface area (Å²) in [5.74, 6) is -0.823. The van der Waals surface area contributed by atoms with Crippen molar-refractivity contribution >= 4 is 5.91 Å². The first-order valence-corrected chi connectivity index (χ1v) is 6.13. The minimum absolute atomic E-state index is 0.119. The Morgan fingerprint density at radius 2 is 2.14 bits per heavy atom. The van der Waals surface area contributed by atoms with Crippen molar-refractivity contribution in [2.75, 3.05) is 13.1 Å². The molecule has 0 spiro atoms. The van der Waals surface area contributed by atoms with E-state index in [1.165, 1.54) is 6.20 Å². The number of hydrogen-bond acceptors (Lipinski definition) is 3. The van der Waals surface area contributed by atoms with Crippen LogP contribution in [0.4, 0.5) is 13.2 Å². The zero-order valence-electron chi connectivity index (χ0n) is 11.6. The lowest BCUT2D eigenvalue weighted by Gasteiger charge is -2.06. The van der Waals surface area contributed by atoms with Crippen molar-refractivity contribution in [3.05, 3.63) is 41.0 Å². The maximum atomic E-state index is 11.8. The number of halogens is 3. The highest BCUT2D eigenvalue weighted by Crippen LogP contribution is 2.15. The number of carbonyl (C=O) groups excluding carboxylic acids is 1. The Bertz CT molecular complexity index is 604. The Labute approximate surface area is 119 Å². The highest BCUT2D eigenvalue weighted by molar-refractivity contribution is 5.87. The molecule has 0 fully saturated rings. The van der Waals surface area contributed by atoms with Crippen LogP contribution in [-0.2, 0) is 4.79 Å². The van der Waals surface area contributed by atoms with E-state index < -0.39 is 12.1 Å². The Morgan fingerprint density at radius 1 is 1.48 bits per heavy atom. The Kier molecular flexibility index (Phi) is 5.57. The fourth-order valence-corrected chi connectivity index (χ4v) is 1.49. The smallest absolute Gasteiger partial charge is 0.409 e. The van der Waals surface area contributed by atoms with E-state index in [1.54, 1.807) is 19.9 Å². The molecule has 5 nitrogen and oxygen atoms in total. The monoisotopic (exact) mass is 303 g/mol. The van der Waals surface area contributed by atoms with E-state index in [9.17, 15) is 23.2 Å². The van der Waals surface area contributed by atoms with E-state index in [-0.39, 0.29) is 19.2 Å². The lowest BCUT2D eigenvalue weighted by Crippen LogP contribution is -2.25. The van der Waals surface area contributed by atoms with Crippen molar-refractivity contribution in [2.24, 2.45) is 4.99 Å². The van der Waals surface area contributed by atoms with Gasteiger partial charge >= 0.3 is 6.18 Å². The van der Waals surface area contributed by atoms with Gasteiger partial charge in [-0.25, -0.2) is 0 Å². The molecular weight excluding hydrogens is 287 g/mol. The van der Waals surface area contributed by atoms with Crippen LogP contribution in [0, 0.1) is 13.8 Å². The van der Waals surface area contributed by atoms with Crippen molar-refractivity contribution < 1.29 is 23.2 Å². The molecule has 1 heterocycles. The van der Waals surface area contributed by atoms with Crippen LogP contribution in [0.15, 0.2) is 29.4 Å². The third-order valence-corrected chi connectivity index (χ3v) is 2.76. The van der Waals surface area contributed by atoms with Crippen LogP contribution in [0.3, 0.4) is 0 Å². The van der Waals surface area contributed by atoms with Gasteiger partial charge in [0.1, 0.15) is 0 Å². The predicted octanol–water partition coefficient (Wildman–Crippen LogP) is 1.48. The largest absolute Gasteiger partial charge is 0.429 e. The molecule has 0 unspecified atom stereocenters. The second kappa shape index (κ2) is 6.96. The van der Waals surface area contributed by atoms with E-state index in [0.29, 0.717) is 17.1 Å². The van der Waals surface area contributed by atoms with Crippen molar-refractivity contribution in [2.45, 2.75) is 20.0 Å². The summed E-state index contributed by atoms with van der Waals surface area (Å²) in [4.78, 5) is 15.3. The number of hydrogen-bond donors (Lipinski definition) is 2. The van der Waals surface area contributed by atoms with Crippen LogP contribution in [-0.4, -0.2) is 35.1 Å². The summed E-state index contributed by atoms with van der Waals surface area (Å²) in [6.45, 7) is 3.85. The van der Waals surface area contributed by atoms with Crippen molar-refractivity contribution in [3.63, 3.8) is 0 Å². The predicted molar refractivity (Wildman–Crippen MR) is 69.7 cm³/mol. The molecule has 1 aromatic heterocycles. The summed E-state index contributed by atoms with van der Waals surface area (Å²) < 4.78 is 36.5. The standard InChI is InChI=1S/C13H16F3N3O2/c1-9-10(2)19(21)8-4-11(9)17-6-7-18-12(20)3-5-13(14,15)16/h3-5,8,21H,6-7H2,1-2H3,(H,18,20)/b5-3+,17-11?. The minimum Gasteiger partial charge on any atom is -0.429 e. The van der Waals surface area contributed by atoms with E-state index in [4.69, 9.17) is 0 Å². The molecule has 1 rings (SSSR count). The summed E-state index contributed by atoms with van der Waals surface area (Å²) >= 11 is 0. The number of rotatable bonds is 4. The molecule has 0 radical (unpaired) electrons. The van der Waals surface area contributed by atoms with Gasteiger partial charge in [-0.15, -0.1) is 0 Å². The molecule has 0 aliphatic carbocycles. The number of alkyl halides is 3. The fraction of sp³-hybridized carbons (Fsp3) is 0.385. The zero-order valence-corrected chi connectivity index (χ0v) is 11.6. The first kappa shape index (κ1) is 16.8. The molecule has 2 N–H and O–H groups in total. The lowest BCUT2D eigenvalue weighted by molar-refractivity contribution is -0.117. The summed E-state index contributed by atoms with van der Waals surface area (Å²) in [5.41, 5.74) is 1.41. The van der Waals surface area contributed by atoms with Gasteiger partial charge in [-0.2, -0.15) is 17.9 Å². The average Bonchev–Trinajstić information content (AvgIpc) is 2.40. The zero-order chi connectivity index (χ0) is 16.0. The maximum absolute atomic E-state index is 11.8. The second-order valence-electron chi connectivity index (χ2n) is 4.30. The minimum atomic E-state index is -4.50. The third kappa shape index (κ3) is 5.72. The SMILES string of the molecule is Cc1c(C)n(O)ccc1=NCCNC(=O)/C=C/C(F)(F)F. The molecule has 0 bridgehead atoms.